The molecule has 1 fully saturated rings. The first-order chi connectivity index (χ1) is 10.2. The second kappa shape index (κ2) is 7.80. The van der Waals surface area contributed by atoms with E-state index < -0.39 is 5.82 Å². The van der Waals surface area contributed by atoms with Gasteiger partial charge in [0.1, 0.15) is 12.4 Å². The molecule has 1 aromatic carbocycles. The first-order valence-corrected chi connectivity index (χ1v) is 7.38. The highest BCUT2D eigenvalue weighted by Gasteiger charge is 2.16. The molecular weight excluding hydrogens is 269 g/mol. The van der Waals surface area contributed by atoms with Gasteiger partial charge in [0, 0.05) is 12.0 Å². The summed E-state index contributed by atoms with van der Waals surface area (Å²) in [6, 6.07) is 4.39. The number of benzene rings is 1. The number of halogens is 1. The van der Waals surface area contributed by atoms with E-state index in [0.717, 1.165) is 6.42 Å². The van der Waals surface area contributed by atoms with Crippen molar-refractivity contribution < 1.29 is 14.3 Å². The van der Waals surface area contributed by atoms with E-state index in [4.69, 9.17) is 5.11 Å². The maximum atomic E-state index is 13.8. The molecule has 0 aromatic heterocycles. The fourth-order valence-electron chi connectivity index (χ4n) is 2.68. The van der Waals surface area contributed by atoms with Crippen molar-refractivity contribution in [3.8, 4) is 11.8 Å². The molecule has 112 valence electrons. The van der Waals surface area contributed by atoms with Crippen LogP contribution in [0.5, 0.6) is 0 Å². The maximum absolute atomic E-state index is 13.8. The second-order valence-electron chi connectivity index (χ2n) is 5.39. The van der Waals surface area contributed by atoms with Gasteiger partial charge in [0.2, 0.25) is 5.91 Å². The number of rotatable bonds is 4. The Morgan fingerprint density at radius 2 is 2.14 bits per heavy atom. The highest BCUT2D eigenvalue weighted by atomic mass is 19.1. The van der Waals surface area contributed by atoms with Gasteiger partial charge in [-0.1, -0.05) is 37.5 Å². The van der Waals surface area contributed by atoms with E-state index in [-0.39, 0.29) is 18.2 Å². The minimum Gasteiger partial charge on any atom is -0.384 e. The summed E-state index contributed by atoms with van der Waals surface area (Å²) in [7, 11) is 0. The van der Waals surface area contributed by atoms with E-state index in [1.54, 1.807) is 6.07 Å². The van der Waals surface area contributed by atoms with Crippen molar-refractivity contribution in [3.63, 3.8) is 0 Å². The van der Waals surface area contributed by atoms with Crippen LogP contribution in [0.1, 0.15) is 44.1 Å². The summed E-state index contributed by atoms with van der Waals surface area (Å²) in [5.74, 6) is 5.08. The number of hydrogen-bond donors (Lipinski definition) is 2. The molecule has 0 unspecified atom stereocenters. The van der Waals surface area contributed by atoms with Gasteiger partial charge in [0.25, 0.3) is 0 Å². The molecule has 0 heterocycles. The third-order valence-corrected chi connectivity index (χ3v) is 3.81. The van der Waals surface area contributed by atoms with Gasteiger partial charge in [-0.25, -0.2) is 4.39 Å². The number of aliphatic hydroxyl groups is 1. The van der Waals surface area contributed by atoms with Crippen LogP contribution in [0.2, 0.25) is 0 Å². The van der Waals surface area contributed by atoms with Gasteiger partial charge < -0.3 is 10.4 Å². The SMILES string of the molecule is O=C(CCC1CCCC1)Nc1ccc(C#CCO)cc1F. The summed E-state index contributed by atoms with van der Waals surface area (Å²) in [5.41, 5.74) is 0.659. The van der Waals surface area contributed by atoms with Gasteiger partial charge in [-0.3, -0.25) is 4.79 Å². The zero-order valence-corrected chi connectivity index (χ0v) is 12.0. The van der Waals surface area contributed by atoms with E-state index in [1.165, 1.54) is 37.8 Å². The Kier molecular flexibility index (Phi) is 5.77. The molecular formula is C17H20FNO2. The van der Waals surface area contributed by atoms with Crippen molar-refractivity contribution in [1.29, 1.82) is 0 Å². The molecule has 0 spiro atoms. The molecule has 1 aliphatic carbocycles. The minimum absolute atomic E-state index is 0.144. The Labute approximate surface area is 124 Å². The van der Waals surface area contributed by atoms with Gasteiger partial charge >= 0.3 is 0 Å². The number of aliphatic hydroxyl groups excluding tert-OH is 1. The first-order valence-electron chi connectivity index (χ1n) is 7.38. The van der Waals surface area contributed by atoms with Crippen molar-refractivity contribution >= 4 is 11.6 Å². The molecule has 1 aliphatic rings. The normalized spacial score (nSPS) is 14.6. The van der Waals surface area contributed by atoms with E-state index in [9.17, 15) is 9.18 Å². The highest BCUT2D eigenvalue weighted by Crippen LogP contribution is 2.28. The number of nitrogens with one attached hydrogen (secondary N) is 1. The third-order valence-electron chi connectivity index (χ3n) is 3.81. The molecule has 21 heavy (non-hydrogen) atoms. The van der Waals surface area contributed by atoms with E-state index in [2.05, 4.69) is 17.2 Å². The molecule has 0 aliphatic heterocycles. The monoisotopic (exact) mass is 289 g/mol. The standard InChI is InChI=1S/C17H20FNO2/c18-15-12-14(6-3-11-20)7-9-16(15)19-17(21)10-8-13-4-1-2-5-13/h7,9,12-13,20H,1-2,4-5,8,10-11H2,(H,19,21). The fourth-order valence-corrected chi connectivity index (χ4v) is 2.68. The Bertz CT molecular complexity index is 554. The summed E-state index contributed by atoms with van der Waals surface area (Å²) in [4.78, 5) is 11.8. The van der Waals surface area contributed by atoms with E-state index in [0.29, 0.717) is 17.9 Å². The summed E-state index contributed by atoms with van der Waals surface area (Å²) in [5, 5.41) is 11.2. The lowest BCUT2D eigenvalue weighted by atomic mass is 10.0. The predicted molar refractivity (Wildman–Crippen MR) is 80.2 cm³/mol. The molecule has 3 nitrogen and oxygen atoms in total. The quantitative estimate of drug-likeness (QED) is 0.837. The average molecular weight is 289 g/mol. The van der Waals surface area contributed by atoms with Crippen molar-refractivity contribution in [1.82, 2.24) is 0 Å². The molecule has 0 saturated heterocycles. The number of amides is 1. The summed E-state index contributed by atoms with van der Waals surface area (Å²) < 4.78 is 13.8. The molecule has 1 saturated carbocycles. The molecule has 1 amide bonds. The summed E-state index contributed by atoms with van der Waals surface area (Å²) >= 11 is 0. The molecule has 1 aromatic rings. The first kappa shape index (κ1) is 15.5. The van der Waals surface area contributed by atoms with Crippen LogP contribution in [0.3, 0.4) is 0 Å². The van der Waals surface area contributed by atoms with Gasteiger partial charge in [0.05, 0.1) is 5.69 Å². The topological polar surface area (TPSA) is 49.3 Å². The maximum Gasteiger partial charge on any atom is 0.224 e. The van der Waals surface area contributed by atoms with Crippen molar-refractivity contribution in [3.05, 3.63) is 29.6 Å². The Morgan fingerprint density at radius 1 is 1.38 bits per heavy atom. The number of anilines is 1. The Morgan fingerprint density at radius 3 is 2.81 bits per heavy atom. The zero-order valence-electron chi connectivity index (χ0n) is 12.0. The number of hydrogen-bond acceptors (Lipinski definition) is 2. The van der Waals surface area contributed by atoms with Crippen LogP contribution in [0.15, 0.2) is 18.2 Å². The summed E-state index contributed by atoms with van der Waals surface area (Å²) in [6.45, 7) is -0.263. The van der Waals surface area contributed by atoms with Crippen molar-refractivity contribution in [2.75, 3.05) is 11.9 Å². The van der Waals surface area contributed by atoms with Crippen LogP contribution in [0, 0.1) is 23.6 Å². The molecule has 0 bridgehead atoms. The van der Waals surface area contributed by atoms with Gasteiger partial charge in [0.15, 0.2) is 0 Å². The van der Waals surface area contributed by atoms with Crippen molar-refractivity contribution in [2.24, 2.45) is 5.92 Å². The lowest BCUT2D eigenvalue weighted by Crippen LogP contribution is -2.13. The van der Waals surface area contributed by atoms with Gasteiger partial charge in [-0.15, -0.1) is 0 Å². The Hall–Kier alpha value is -1.86. The Balaban J connectivity index is 1.88. The van der Waals surface area contributed by atoms with Gasteiger partial charge in [-0.2, -0.15) is 0 Å². The van der Waals surface area contributed by atoms with Crippen LogP contribution in [0.25, 0.3) is 0 Å². The smallest absolute Gasteiger partial charge is 0.224 e. The molecule has 2 rings (SSSR count). The van der Waals surface area contributed by atoms with E-state index >= 15 is 0 Å². The fraction of sp³-hybridized carbons (Fsp3) is 0.471. The lowest BCUT2D eigenvalue weighted by Gasteiger charge is -2.10. The predicted octanol–water partition coefficient (Wildman–Crippen LogP) is 3.08. The highest BCUT2D eigenvalue weighted by molar-refractivity contribution is 5.90. The largest absolute Gasteiger partial charge is 0.384 e. The molecule has 0 radical (unpaired) electrons. The number of carbonyl (C=O) groups excluding carboxylic acids is 1. The van der Waals surface area contributed by atoms with Crippen LogP contribution in [0.4, 0.5) is 10.1 Å². The van der Waals surface area contributed by atoms with E-state index in [1.807, 2.05) is 0 Å². The van der Waals surface area contributed by atoms with Crippen LogP contribution in [-0.4, -0.2) is 17.6 Å². The van der Waals surface area contributed by atoms with Crippen LogP contribution >= 0.6 is 0 Å². The zero-order chi connectivity index (χ0) is 15.1. The molecule has 0 atom stereocenters. The minimum atomic E-state index is -0.506. The third kappa shape index (κ3) is 4.87. The molecule has 4 heteroatoms. The molecule has 2 N–H and O–H groups in total. The average Bonchev–Trinajstić information content (AvgIpc) is 2.99. The van der Waals surface area contributed by atoms with Gasteiger partial charge in [-0.05, 0) is 30.5 Å². The summed E-state index contributed by atoms with van der Waals surface area (Å²) in [6.07, 6.45) is 6.26. The van der Waals surface area contributed by atoms with Crippen LogP contribution < -0.4 is 5.32 Å². The van der Waals surface area contributed by atoms with Crippen molar-refractivity contribution in [2.45, 2.75) is 38.5 Å². The van der Waals surface area contributed by atoms with Crippen LogP contribution in [-0.2, 0) is 4.79 Å². The number of carbonyl (C=O) groups is 1. The lowest BCUT2D eigenvalue weighted by molar-refractivity contribution is -0.116. The second-order valence-corrected chi connectivity index (χ2v) is 5.39.